The quantitative estimate of drug-likeness (QED) is 0.600. The number of urea groups is 1. The zero-order valence-corrected chi connectivity index (χ0v) is 17.5. The maximum atomic E-state index is 12.6. The summed E-state index contributed by atoms with van der Waals surface area (Å²) in [6.45, 7) is 4.88. The molecule has 2 aromatic carbocycles. The molecule has 0 spiro atoms. The first-order valence-electron chi connectivity index (χ1n) is 9.72. The molecule has 0 bridgehead atoms. The molecule has 0 fully saturated rings. The summed E-state index contributed by atoms with van der Waals surface area (Å²) in [5, 5.41) is 8.98. The van der Waals surface area contributed by atoms with E-state index in [-0.39, 0.29) is 18.2 Å². The molecule has 4 amide bonds. The van der Waals surface area contributed by atoms with Gasteiger partial charge in [0, 0.05) is 7.05 Å². The van der Waals surface area contributed by atoms with Crippen LogP contribution in [0.2, 0.25) is 0 Å². The molecule has 0 saturated carbocycles. The van der Waals surface area contributed by atoms with E-state index in [4.69, 9.17) is 4.74 Å². The average Bonchev–Trinajstić information content (AvgIpc) is 2.71. The molecular weight excluding hydrogens is 386 g/mol. The van der Waals surface area contributed by atoms with Gasteiger partial charge in [-0.25, -0.2) is 9.59 Å². The first-order chi connectivity index (χ1) is 14.2. The summed E-state index contributed by atoms with van der Waals surface area (Å²) in [6, 6.07) is 11.8. The van der Waals surface area contributed by atoms with E-state index < -0.39 is 30.1 Å². The molecule has 0 aliphatic rings. The van der Waals surface area contributed by atoms with Crippen molar-refractivity contribution >= 4 is 34.6 Å². The zero-order chi connectivity index (χ0) is 22.3. The van der Waals surface area contributed by atoms with Crippen LogP contribution in [0.1, 0.15) is 26.3 Å². The molecular formula is C22H27N3O5. The summed E-state index contributed by atoms with van der Waals surface area (Å²) >= 11 is 0. The van der Waals surface area contributed by atoms with Crippen molar-refractivity contribution in [1.82, 2.24) is 16.0 Å². The van der Waals surface area contributed by atoms with Crippen molar-refractivity contribution in [3.8, 4) is 0 Å². The molecule has 0 aliphatic heterocycles. The van der Waals surface area contributed by atoms with Crippen LogP contribution >= 0.6 is 0 Å². The zero-order valence-electron chi connectivity index (χ0n) is 17.5. The highest BCUT2D eigenvalue weighted by molar-refractivity contribution is 5.97. The van der Waals surface area contributed by atoms with E-state index in [1.54, 1.807) is 13.8 Å². The molecule has 2 rings (SSSR count). The molecule has 160 valence electrons. The number of fused-ring (bicyclic) bond motifs is 1. The standard InChI is InChI=1S/C22H27N3O5/c1-13(2)19(21(28)30-14(3)20(27)25-22(29)23-4)24-18(26)12-16-10-7-9-15-8-5-6-11-17(15)16/h5-11,13-14,19H,12H2,1-4H3,(H,24,26)(H2,23,25,27,29)/t14-,19-/m0/s1. The lowest BCUT2D eigenvalue weighted by Crippen LogP contribution is -2.49. The van der Waals surface area contributed by atoms with E-state index in [1.807, 2.05) is 47.8 Å². The van der Waals surface area contributed by atoms with Gasteiger partial charge in [0.1, 0.15) is 6.04 Å². The Morgan fingerprint density at radius 2 is 1.63 bits per heavy atom. The van der Waals surface area contributed by atoms with Crippen molar-refractivity contribution in [1.29, 1.82) is 0 Å². The normalized spacial score (nSPS) is 12.7. The molecule has 0 aromatic heterocycles. The van der Waals surface area contributed by atoms with Crippen molar-refractivity contribution in [2.45, 2.75) is 39.3 Å². The van der Waals surface area contributed by atoms with Gasteiger partial charge in [-0.1, -0.05) is 56.3 Å². The van der Waals surface area contributed by atoms with E-state index in [0.717, 1.165) is 16.3 Å². The van der Waals surface area contributed by atoms with Gasteiger partial charge in [-0.2, -0.15) is 0 Å². The molecule has 8 nitrogen and oxygen atoms in total. The van der Waals surface area contributed by atoms with Gasteiger partial charge in [0.2, 0.25) is 5.91 Å². The third kappa shape index (κ3) is 6.04. The van der Waals surface area contributed by atoms with Gasteiger partial charge in [-0.3, -0.25) is 14.9 Å². The van der Waals surface area contributed by atoms with Crippen LogP contribution in [0.15, 0.2) is 42.5 Å². The highest BCUT2D eigenvalue weighted by Gasteiger charge is 2.29. The van der Waals surface area contributed by atoms with E-state index in [2.05, 4.69) is 10.6 Å². The van der Waals surface area contributed by atoms with Crippen LogP contribution in [-0.4, -0.2) is 43.0 Å². The Balaban J connectivity index is 2.03. The Morgan fingerprint density at radius 3 is 2.30 bits per heavy atom. The highest BCUT2D eigenvalue weighted by Crippen LogP contribution is 2.19. The predicted molar refractivity (Wildman–Crippen MR) is 113 cm³/mol. The molecule has 2 aromatic rings. The minimum Gasteiger partial charge on any atom is -0.451 e. The highest BCUT2D eigenvalue weighted by atomic mass is 16.5. The van der Waals surface area contributed by atoms with Crippen LogP contribution in [0, 0.1) is 5.92 Å². The largest absolute Gasteiger partial charge is 0.451 e. The van der Waals surface area contributed by atoms with Crippen molar-refractivity contribution in [3.05, 3.63) is 48.0 Å². The molecule has 0 heterocycles. The fourth-order valence-electron chi connectivity index (χ4n) is 2.92. The Morgan fingerprint density at radius 1 is 0.967 bits per heavy atom. The number of ether oxygens (including phenoxy) is 1. The van der Waals surface area contributed by atoms with Gasteiger partial charge in [0.25, 0.3) is 5.91 Å². The SMILES string of the molecule is CNC(=O)NC(=O)[C@H](C)OC(=O)[C@@H](NC(=O)Cc1cccc2ccccc12)C(C)C. The topological polar surface area (TPSA) is 114 Å². The van der Waals surface area contributed by atoms with Crippen LogP contribution in [0.3, 0.4) is 0 Å². The third-order valence-electron chi connectivity index (χ3n) is 4.59. The molecule has 3 N–H and O–H groups in total. The van der Waals surface area contributed by atoms with E-state index in [1.165, 1.54) is 14.0 Å². The summed E-state index contributed by atoms with van der Waals surface area (Å²) < 4.78 is 5.16. The summed E-state index contributed by atoms with van der Waals surface area (Å²) in [4.78, 5) is 48.3. The first-order valence-corrected chi connectivity index (χ1v) is 9.72. The lowest BCUT2D eigenvalue weighted by Gasteiger charge is -2.23. The van der Waals surface area contributed by atoms with Gasteiger partial charge in [0.15, 0.2) is 6.10 Å². The number of benzene rings is 2. The molecule has 0 aliphatic carbocycles. The van der Waals surface area contributed by atoms with E-state index in [9.17, 15) is 19.2 Å². The fraction of sp³-hybridized carbons (Fsp3) is 0.364. The second kappa shape index (κ2) is 10.4. The number of carbonyl (C=O) groups is 4. The Kier molecular flexibility index (Phi) is 7.91. The van der Waals surface area contributed by atoms with E-state index in [0.29, 0.717) is 0 Å². The number of nitrogens with one attached hydrogen (secondary N) is 3. The number of hydrogen-bond donors (Lipinski definition) is 3. The summed E-state index contributed by atoms with van der Waals surface area (Å²) in [7, 11) is 1.36. The lowest BCUT2D eigenvalue weighted by atomic mass is 10.0. The van der Waals surface area contributed by atoms with Crippen LogP contribution in [-0.2, 0) is 25.5 Å². The fourth-order valence-corrected chi connectivity index (χ4v) is 2.92. The van der Waals surface area contributed by atoms with Crippen molar-refractivity contribution < 1.29 is 23.9 Å². The Bertz CT molecular complexity index is 936. The molecule has 2 atom stereocenters. The molecule has 0 unspecified atom stereocenters. The monoisotopic (exact) mass is 413 g/mol. The van der Waals surface area contributed by atoms with Crippen molar-refractivity contribution in [3.63, 3.8) is 0 Å². The predicted octanol–water partition coefficient (Wildman–Crippen LogP) is 1.91. The summed E-state index contributed by atoms with van der Waals surface area (Å²) in [6.07, 6.45) is -1.09. The van der Waals surface area contributed by atoms with Gasteiger partial charge in [-0.05, 0) is 29.2 Å². The third-order valence-corrected chi connectivity index (χ3v) is 4.59. The Hall–Kier alpha value is -3.42. The summed E-state index contributed by atoms with van der Waals surface area (Å²) in [5.41, 5.74) is 0.847. The number of hydrogen-bond acceptors (Lipinski definition) is 5. The van der Waals surface area contributed by atoms with Crippen LogP contribution in [0.5, 0.6) is 0 Å². The minimum absolute atomic E-state index is 0.102. The van der Waals surface area contributed by atoms with Gasteiger partial charge >= 0.3 is 12.0 Å². The smallest absolute Gasteiger partial charge is 0.329 e. The number of imide groups is 1. The summed E-state index contributed by atoms with van der Waals surface area (Å²) in [5.74, 6) is -2.09. The van der Waals surface area contributed by atoms with Crippen molar-refractivity contribution in [2.75, 3.05) is 7.05 Å². The van der Waals surface area contributed by atoms with Gasteiger partial charge in [-0.15, -0.1) is 0 Å². The number of amides is 4. The Labute approximate surface area is 175 Å². The second-order valence-electron chi connectivity index (χ2n) is 7.25. The molecule has 0 radical (unpaired) electrons. The van der Waals surface area contributed by atoms with Crippen molar-refractivity contribution in [2.24, 2.45) is 5.92 Å². The maximum Gasteiger partial charge on any atom is 0.329 e. The van der Waals surface area contributed by atoms with Crippen LogP contribution < -0.4 is 16.0 Å². The molecule has 0 saturated heterocycles. The maximum absolute atomic E-state index is 12.6. The van der Waals surface area contributed by atoms with Gasteiger partial charge < -0.3 is 15.4 Å². The van der Waals surface area contributed by atoms with Gasteiger partial charge in [0.05, 0.1) is 6.42 Å². The van der Waals surface area contributed by atoms with Crippen LogP contribution in [0.25, 0.3) is 10.8 Å². The number of rotatable bonds is 7. The molecule has 30 heavy (non-hydrogen) atoms. The average molecular weight is 413 g/mol. The first kappa shape index (κ1) is 22.9. The number of esters is 1. The lowest BCUT2D eigenvalue weighted by molar-refractivity contribution is -0.158. The molecule has 8 heteroatoms. The number of carbonyl (C=O) groups excluding carboxylic acids is 4. The minimum atomic E-state index is -1.19. The van der Waals surface area contributed by atoms with E-state index >= 15 is 0 Å². The van der Waals surface area contributed by atoms with Crippen LogP contribution in [0.4, 0.5) is 4.79 Å². The second-order valence-corrected chi connectivity index (χ2v) is 7.25.